The lowest BCUT2D eigenvalue weighted by Gasteiger charge is -2.18. The number of rotatable bonds is 8. The molecule has 8 heteroatoms. The van der Waals surface area contributed by atoms with Crippen LogP contribution < -0.4 is 20.1 Å². The molecule has 1 atom stereocenters. The first-order valence-electron chi connectivity index (χ1n) is 9.18. The molecule has 27 heavy (non-hydrogen) atoms. The van der Waals surface area contributed by atoms with E-state index in [1.165, 1.54) is 0 Å². The Hall–Kier alpha value is -1.71. The summed E-state index contributed by atoms with van der Waals surface area (Å²) in [5.41, 5.74) is 0. The van der Waals surface area contributed by atoms with Gasteiger partial charge in [0.15, 0.2) is 5.96 Å². The number of nitrogens with zero attached hydrogens (tertiary/aromatic N) is 2. The minimum Gasteiger partial charge on any atom is -0.497 e. The van der Waals surface area contributed by atoms with Crippen molar-refractivity contribution in [2.45, 2.75) is 32.2 Å². The molecule has 1 aromatic carbocycles. The molecule has 0 radical (unpaired) electrons. The zero-order valence-corrected chi connectivity index (χ0v) is 18.7. The molecule has 1 heterocycles. The van der Waals surface area contributed by atoms with Crippen LogP contribution in [0.15, 0.2) is 29.3 Å². The van der Waals surface area contributed by atoms with Crippen LogP contribution in [-0.4, -0.2) is 63.2 Å². The highest BCUT2D eigenvalue weighted by Gasteiger charge is 2.25. The predicted molar refractivity (Wildman–Crippen MR) is 118 cm³/mol. The first kappa shape index (κ1) is 23.3. The monoisotopic (exact) mass is 490 g/mol. The molecule has 0 spiro atoms. The molecule has 1 aliphatic rings. The van der Waals surface area contributed by atoms with Crippen molar-refractivity contribution in [2.75, 3.05) is 40.4 Å². The van der Waals surface area contributed by atoms with Crippen molar-refractivity contribution in [3.63, 3.8) is 0 Å². The highest BCUT2D eigenvalue weighted by Crippen LogP contribution is 2.18. The zero-order chi connectivity index (χ0) is 18.8. The molecule has 1 aliphatic heterocycles. The molecular weight excluding hydrogens is 459 g/mol. The van der Waals surface area contributed by atoms with Crippen molar-refractivity contribution in [3.8, 4) is 11.5 Å². The highest BCUT2D eigenvalue weighted by molar-refractivity contribution is 14.0. The number of benzene rings is 1. The van der Waals surface area contributed by atoms with Crippen LogP contribution in [0.3, 0.4) is 0 Å². The molecule has 2 N–H and O–H groups in total. The Morgan fingerprint density at radius 1 is 1.37 bits per heavy atom. The van der Waals surface area contributed by atoms with E-state index in [2.05, 4.69) is 15.6 Å². The van der Waals surface area contributed by atoms with Crippen LogP contribution in [0, 0.1) is 0 Å². The molecule has 1 unspecified atom stereocenters. The average molecular weight is 490 g/mol. The van der Waals surface area contributed by atoms with Crippen LogP contribution in [0.1, 0.15) is 26.2 Å². The molecule has 1 amide bonds. The van der Waals surface area contributed by atoms with Gasteiger partial charge in [0.25, 0.3) is 0 Å². The Balaban J connectivity index is 0.00000364. The fourth-order valence-corrected chi connectivity index (χ4v) is 2.88. The number of guanidine groups is 1. The normalized spacial score (nSPS) is 16.5. The van der Waals surface area contributed by atoms with E-state index in [9.17, 15) is 4.79 Å². The lowest BCUT2D eigenvalue weighted by atomic mass is 10.3. The number of nitrogens with one attached hydrogen (secondary N) is 2. The van der Waals surface area contributed by atoms with E-state index in [1.807, 2.05) is 36.1 Å². The summed E-state index contributed by atoms with van der Waals surface area (Å²) in [5, 5.41) is 6.68. The Kier molecular flexibility index (Phi) is 10.9. The molecule has 0 bridgehead atoms. The molecular formula is C19H31IN4O3. The van der Waals surface area contributed by atoms with Gasteiger partial charge >= 0.3 is 0 Å². The summed E-state index contributed by atoms with van der Waals surface area (Å²) >= 11 is 0. The summed E-state index contributed by atoms with van der Waals surface area (Å²) in [6, 6.07) is 7.84. The number of halogens is 1. The second-order valence-corrected chi connectivity index (χ2v) is 6.20. The third-order valence-corrected chi connectivity index (χ3v) is 4.33. The van der Waals surface area contributed by atoms with E-state index in [0.29, 0.717) is 13.0 Å². The van der Waals surface area contributed by atoms with Crippen molar-refractivity contribution in [1.29, 1.82) is 0 Å². The third kappa shape index (κ3) is 7.82. The number of amides is 1. The highest BCUT2D eigenvalue weighted by atomic mass is 127. The third-order valence-electron chi connectivity index (χ3n) is 4.33. The summed E-state index contributed by atoms with van der Waals surface area (Å²) in [5.74, 6) is 2.57. The standard InChI is InChI=1S/C19H30N4O3.HI/c1-4-18(24)23-11-9-15(14-23)22-19(20-2)21-10-6-12-26-17-8-5-7-16(13-17)25-3;/h5,7-8,13,15H,4,6,9-12,14H2,1-3H3,(H2,20,21,22);1H. The Bertz CT molecular complexity index is 612. The Morgan fingerprint density at radius 2 is 2.15 bits per heavy atom. The first-order chi connectivity index (χ1) is 12.7. The lowest BCUT2D eigenvalue weighted by molar-refractivity contribution is -0.129. The van der Waals surface area contributed by atoms with Crippen molar-refractivity contribution in [1.82, 2.24) is 15.5 Å². The van der Waals surface area contributed by atoms with Gasteiger partial charge in [-0.1, -0.05) is 13.0 Å². The van der Waals surface area contributed by atoms with E-state index < -0.39 is 0 Å². The van der Waals surface area contributed by atoms with E-state index in [0.717, 1.165) is 49.9 Å². The number of methoxy groups -OCH3 is 1. The van der Waals surface area contributed by atoms with Gasteiger partial charge < -0.3 is 25.0 Å². The molecule has 0 aromatic heterocycles. The van der Waals surface area contributed by atoms with Crippen LogP contribution in [-0.2, 0) is 4.79 Å². The number of hydrogen-bond donors (Lipinski definition) is 2. The SMILES string of the molecule is CCC(=O)N1CCC(NC(=NC)NCCCOc2cccc(OC)c2)C1.I. The Labute approximate surface area is 178 Å². The minimum absolute atomic E-state index is 0. The molecule has 152 valence electrons. The van der Waals surface area contributed by atoms with E-state index in [4.69, 9.17) is 9.47 Å². The molecule has 1 fully saturated rings. The number of ether oxygens (including phenoxy) is 2. The van der Waals surface area contributed by atoms with E-state index in [-0.39, 0.29) is 35.9 Å². The van der Waals surface area contributed by atoms with Gasteiger partial charge in [0.1, 0.15) is 11.5 Å². The molecule has 0 aliphatic carbocycles. The number of carbonyl (C=O) groups is 1. The van der Waals surface area contributed by atoms with Gasteiger partial charge in [0.2, 0.25) is 5.91 Å². The van der Waals surface area contributed by atoms with Crippen LogP contribution in [0.4, 0.5) is 0 Å². The molecule has 0 saturated carbocycles. The van der Waals surface area contributed by atoms with Gasteiger partial charge in [-0.05, 0) is 25.0 Å². The first-order valence-corrected chi connectivity index (χ1v) is 9.18. The summed E-state index contributed by atoms with van der Waals surface area (Å²) < 4.78 is 10.9. The van der Waals surface area contributed by atoms with Gasteiger partial charge in [-0.15, -0.1) is 24.0 Å². The van der Waals surface area contributed by atoms with Gasteiger partial charge in [-0.3, -0.25) is 9.79 Å². The smallest absolute Gasteiger partial charge is 0.222 e. The Morgan fingerprint density at radius 3 is 2.85 bits per heavy atom. The van der Waals surface area contributed by atoms with Gasteiger partial charge in [0, 0.05) is 45.2 Å². The minimum atomic E-state index is 0. The van der Waals surface area contributed by atoms with E-state index in [1.54, 1.807) is 14.2 Å². The maximum atomic E-state index is 11.7. The topological polar surface area (TPSA) is 75.2 Å². The van der Waals surface area contributed by atoms with Crippen LogP contribution >= 0.6 is 24.0 Å². The van der Waals surface area contributed by atoms with E-state index >= 15 is 0 Å². The van der Waals surface area contributed by atoms with Crippen LogP contribution in [0.2, 0.25) is 0 Å². The average Bonchev–Trinajstić information content (AvgIpc) is 3.14. The van der Waals surface area contributed by atoms with Gasteiger partial charge in [-0.25, -0.2) is 0 Å². The second kappa shape index (κ2) is 12.6. The maximum Gasteiger partial charge on any atom is 0.222 e. The number of carbonyl (C=O) groups excluding carboxylic acids is 1. The van der Waals surface area contributed by atoms with Crippen molar-refractivity contribution < 1.29 is 14.3 Å². The molecule has 2 rings (SSSR count). The van der Waals surface area contributed by atoms with Crippen LogP contribution in [0.25, 0.3) is 0 Å². The number of aliphatic imine (C=N–C) groups is 1. The van der Waals surface area contributed by atoms with Gasteiger partial charge in [0.05, 0.1) is 13.7 Å². The summed E-state index contributed by atoms with van der Waals surface area (Å²) in [6.45, 7) is 4.83. The number of hydrogen-bond acceptors (Lipinski definition) is 4. The lowest BCUT2D eigenvalue weighted by Crippen LogP contribution is -2.45. The second-order valence-electron chi connectivity index (χ2n) is 6.20. The largest absolute Gasteiger partial charge is 0.497 e. The van der Waals surface area contributed by atoms with Crippen LogP contribution in [0.5, 0.6) is 11.5 Å². The number of likely N-dealkylation sites (tertiary alicyclic amines) is 1. The fraction of sp³-hybridized carbons (Fsp3) is 0.579. The summed E-state index contributed by atoms with van der Waals surface area (Å²) in [7, 11) is 3.40. The fourth-order valence-electron chi connectivity index (χ4n) is 2.88. The van der Waals surface area contributed by atoms with Crippen molar-refractivity contribution in [2.24, 2.45) is 4.99 Å². The van der Waals surface area contributed by atoms with Gasteiger partial charge in [-0.2, -0.15) is 0 Å². The molecule has 1 saturated heterocycles. The quantitative estimate of drug-likeness (QED) is 0.253. The van der Waals surface area contributed by atoms with Crippen molar-refractivity contribution >= 4 is 35.8 Å². The van der Waals surface area contributed by atoms with Crippen molar-refractivity contribution in [3.05, 3.63) is 24.3 Å². The summed E-state index contributed by atoms with van der Waals surface area (Å²) in [4.78, 5) is 17.9. The summed E-state index contributed by atoms with van der Waals surface area (Å²) in [6.07, 6.45) is 2.36. The zero-order valence-electron chi connectivity index (χ0n) is 16.4. The molecule has 1 aromatic rings. The maximum absolute atomic E-state index is 11.7. The molecule has 7 nitrogen and oxygen atoms in total. The predicted octanol–water partition coefficient (Wildman–Crippen LogP) is 2.26.